The van der Waals surface area contributed by atoms with Gasteiger partial charge in [0.1, 0.15) is 28.3 Å². The summed E-state index contributed by atoms with van der Waals surface area (Å²) in [5.41, 5.74) is 0.642. The van der Waals surface area contributed by atoms with Gasteiger partial charge in [0.15, 0.2) is 4.80 Å². The molecule has 0 atom stereocenters. The Morgan fingerprint density at radius 1 is 1.03 bits per heavy atom. The molecule has 0 radical (unpaired) electrons. The molecular weight excluding hydrogens is 436 g/mol. The molecule has 0 saturated carbocycles. The van der Waals surface area contributed by atoms with Gasteiger partial charge in [0.05, 0.1) is 21.3 Å². The normalized spacial score (nSPS) is 11.5. The molecule has 0 unspecified atom stereocenters. The summed E-state index contributed by atoms with van der Waals surface area (Å²) < 4.78 is 18.1. The Labute approximate surface area is 188 Å². The Bertz CT molecular complexity index is 1120. The van der Waals surface area contributed by atoms with E-state index in [4.69, 9.17) is 14.2 Å². The van der Waals surface area contributed by atoms with Crippen molar-refractivity contribution in [2.24, 2.45) is 4.99 Å². The molecule has 3 rings (SSSR count). The fourth-order valence-electron chi connectivity index (χ4n) is 2.97. The number of esters is 1. The number of fused-ring (bicyclic) bond motifs is 1. The van der Waals surface area contributed by atoms with Gasteiger partial charge in [-0.25, -0.2) is 0 Å². The fourth-order valence-corrected chi connectivity index (χ4v) is 5.00. The molecule has 9 heteroatoms. The first-order valence-electron chi connectivity index (χ1n) is 9.64. The van der Waals surface area contributed by atoms with Crippen LogP contribution in [0.25, 0.3) is 10.2 Å². The smallest absolute Gasteiger partial charge is 0.325 e. The molecule has 1 heterocycles. The lowest BCUT2D eigenvalue weighted by atomic mass is 10.3. The quantitative estimate of drug-likeness (QED) is 0.274. The molecule has 0 N–H and O–H groups in total. The number of benzene rings is 2. The third-order valence-electron chi connectivity index (χ3n) is 4.47. The molecule has 31 heavy (non-hydrogen) atoms. The number of amides is 1. The van der Waals surface area contributed by atoms with Crippen molar-refractivity contribution < 1.29 is 23.8 Å². The molecule has 164 valence electrons. The van der Waals surface area contributed by atoms with Gasteiger partial charge in [0, 0.05) is 11.3 Å². The standard InChI is InChI=1S/C22H24N2O5S2/c1-27-16-11-12-17(28-2)21-20(16)24(14-19(26)29-3)22(31-21)23-18(25)10-7-13-30-15-8-5-4-6-9-15/h4-6,8-9,11-12H,7,10,13-14H2,1-3H3. The van der Waals surface area contributed by atoms with Crippen LogP contribution in [-0.4, -0.2) is 43.5 Å². The maximum Gasteiger partial charge on any atom is 0.325 e. The molecule has 0 aliphatic heterocycles. The van der Waals surface area contributed by atoms with Crippen molar-refractivity contribution in [1.29, 1.82) is 0 Å². The molecule has 3 aromatic rings. The summed E-state index contributed by atoms with van der Waals surface area (Å²) >= 11 is 2.99. The second-order valence-corrected chi connectivity index (χ2v) is 8.61. The highest BCUT2D eigenvalue weighted by Crippen LogP contribution is 2.35. The highest BCUT2D eigenvalue weighted by molar-refractivity contribution is 7.99. The van der Waals surface area contributed by atoms with Crippen molar-refractivity contribution in [2.45, 2.75) is 24.3 Å². The zero-order valence-electron chi connectivity index (χ0n) is 17.6. The number of nitrogens with zero attached hydrogens (tertiary/aromatic N) is 2. The lowest BCUT2D eigenvalue weighted by molar-refractivity contribution is -0.141. The van der Waals surface area contributed by atoms with E-state index in [1.807, 2.05) is 30.3 Å². The van der Waals surface area contributed by atoms with E-state index in [1.54, 1.807) is 42.7 Å². The zero-order valence-corrected chi connectivity index (χ0v) is 19.3. The number of hydrogen-bond acceptors (Lipinski definition) is 7. The number of methoxy groups -OCH3 is 3. The molecule has 1 amide bonds. The van der Waals surface area contributed by atoms with Crippen LogP contribution >= 0.6 is 23.1 Å². The van der Waals surface area contributed by atoms with Gasteiger partial charge in [0.2, 0.25) is 5.91 Å². The Balaban J connectivity index is 1.86. The van der Waals surface area contributed by atoms with E-state index in [-0.39, 0.29) is 12.5 Å². The third kappa shape index (κ3) is 5.68. The largest absolute Gasteiger partial charge is 0.495 e. The van der Waals surface area contributed by atoms with Crippen molar-refractivity contribution >= 4 is 45.2 Å². The van der Waals surface area contributed by atoms with Gasteiger partial charge in [-0.15, -0.1) is 11.8 Å². The fraction of sp³-hybridized carbons (Fsp3) is 0.318. The van der Waals surface area contributed by atoms with Crippen LogP contribution in [0.2, 0.25) is 0 Å². The SMILES string of the molecule is COC(=O)Cn1c(=NC(=O)CCCSc2ccccc2)sc2c(OC)ccc(OC)c21. The maximum absolute atomic E-state index is 12.6. The van der Waals surface area contributed by atoms with Gasteiger partial charge in [-0.1, -0.05) is 29.5 Å². The molecule has 0 aliphatic rings. The van der Waals surface area contributed by atoms with Crippen molar-refractivity contribution in [1.82, 2.24) is 4.57 Å². The summed E-state index contributed by atoms with van der Waals surface area (Å²) in [6, 6.07) is 13.6. The van der Waals surface area contributed by atoms with Crippen LogP contribution in [0, 0.1) is 0 Å². The minimum atomic E-state index is -0.447. The molecule has 7 nitrogen and oxygen atoms in total. The minimum absolute atomic E-state index is 0.0873. The van der Waals surface area contributed by atoms with Gasteiger partial charge < -0.3 is 18.8 Å². The second kappa shape index (κ2) is 11.0. The zero-order chi connectivity index (χ0) is 22.2. The molecule has 1 aromatic heterocycles. The van der Waals surface area contributed by atoms with Crippen molar-refractivity contribution in [2.75, 3.05) is 27.1 Å². The van der Waals surface area contributed by atoms with Crippen molar-refractivity contribution in [3.8, 4) is 11.5 Å². The average molecular weight is 461 g/mol. The minimum Gasteiger partial charge on any atom is -0.495 e. The van der Waals surface area contributed by atoms with E-state index in [1.165, 1.54) is 23.3 Å². The van der Waals surface area contributed by atoms with Crippen LogP contribution < -0.4 is 14.3 Å². The van der Waals surface area contributed by atoms with Crippen LogP contribution in [0.3, 0.4) is 0 Å². The highest BCUT2D eigenvalue weighted by atomic mass is 32.2. The first-order chi connectivity index (χ1) is 15.1. The number of thiazole rings is 1. The van der Waals surface area contributed by atoms with Crippen LogP contribution in [0.15, 0.2) is 52.4 Å². The summed E-state index contributed by atoms with van der Waals surface area (Å²) in [7, 11) is 4.44. The van der Waals surface area contributed by atoms with E-state index in [0.29, 0.717) is 34.7 Å². The van der Waals surface area contributed by atoms with E-state index >= 15 is 0 Å². The topological polar surface area (TPSA) is 79.1 Å². The highest BCUT2D eigenvalue weighted by Gasteiger charge is 2.18. The van der Waals surface area contributed by atoms with Crippen molar-refractivity contribution in [3.05, 3.63) is 47.3 Å². The van der Waals surface area contributed by atoms with Gasteiger partial charge in [-0.05, 0) is 36.4 Å². The molecule has 0 bridgehead atoms. The predicted octanol–water partition coefficient (Wildman–Crippen LogP) is 3.89. The number of hydrogen-bond donors (Lipinski definition) is 0. The number of carbonyl (C=O) groups is 2. The van der Waals surface area contributed by atoms with Gasteiger partial charge in [0.25, 0.3) is 0 Å². The molecular formula is C22H24N2O5S2. The average Bonchev–Trinajstić information content (AvgIpc) is 3.14. The van der Waals surface area contributed by atoms with E-state index in [9.17, 15) is 9.59 Å². The lowest BCUT2D eigenvalue weighted by Gasteiger charge is -2.09. The second-order valence-electron chi connectivity index (χ2n) is 6.47. The first-order valence-corrected chi connectivity index (χ1v) is 11.4. The van der Waals surface area contributed by atoms with Crippen LogP contribution in [-0.2, 0) is 20.9 Å². The summed E-state index contributed by atoms with van der Waals surface area (Å²) in [6.07, 6.45) is 1.02. The number of carbonyl (C=O) groups excluding carboxylic acids is 2. The number of rotatable bonds is 9. The monoisotopic (exact) mass is 460 g/mol. The predicted molar refractivity (Wildman–Crippen MR) is 122 cm³/mol. The van der Waals surface area contributed by atoms with Crippen LogP contribution in [0.4, 0.5) is 0 Å². The summed E-state index contributed by atoms with van der Waals surface area (Å²) in [6.45, 7) is -0.0873. The molecule has 0 fully saturated rings. The Kier molecular flexibility index (Phi) is 8.13. The summed E-state index contributed by atoms with van der Waals surface area (Å²) in [5.74, 6) is 1.31. The summed E-state index contributed by atoms with van der Waals surface area (Å²) in [4.78, 5) is 30.4. The first kappa shape index (κ1) is 22.9. The Morgan fingerprint density at radius 2 is 1.74 bits per heavy atom. The van der Waals surface area contributed by atoms with Crippen LogP contribution in [0.1, 0.15) is 12.8 Å². The maximum atomic E-state index is 12.6. The van der Waals surface area contributed by atoms with Crippen molar-refractivity contribution in [3.63, 3.8) is 0 Å². The Hall–Kier alpha value is -2.78. The number of aromatic nitrogens is 1. The molecule has 0 aliphatic carbocycles. The Morgan fingerprint density at radius 3 is 2.42 bits per heavy atom. The lowest BCUT2D eigenvalue weighted by Crippen LogP contribution is -2.22. The summed E-state index contributed by atoms with van der Waals surface area (Å²) in [5, 5.41) is 0. The van der Waals surface area contributed by atoms with Gasteiger partial charge in [-0.2, -0.15) is 4.99 Å². The number of ether oxygens (including phenoxy) is 3. The van der Waals surface area contributed by atoms with Crippen LogP contribution in [0.5, 0.6) is 11.5 Å². The van der Waals surface area contributed by atoms with Gasteiger partial charge in [-0.3, -0.25) is 9.59 Å². The van der Waals surface area contributed by atoms with E-state index in [0.717, 1.165) is 10.5 Å². The molecule has 0 saturated heterocycles. The number of thioether (sulfide) groups is 1. The van der Waals surface area contributed by atoms with E-state index < -0.39 is 5.97 Å². The molecule has 0 spiro atoms. The van der Waals surface area contributed by atoms with Gasteiger partial charge >= 0.3 is 5.97 Å². The molecule has 2 aromatic carbocycles. The van der Waals surface area contributed by atoms with E-state index in [2.05, 4.69) is 4.99 Å². The third-order valence-corrected chi connectivity index (χ3v) is 6.67.